The van der Waals surface area contributed by atoms with Gasteiger partial charge in [0, 0.05) is 19.9 Å². The maximum atomic E-state index is 4.81. The highest BCUT2D eigenvalue weighted by Crippen LogP contribution is 2.22. The van der Waals surface area contributed by atoms with Crippen molar-refractivity contribution in [1.82, 2.24) is 24.5 Å². The Morgan fingerprint density at radius 3 is 2.86 bits per heavy atom. The summed E-state index contributed by atoms with van der Waals surface area (Å²) in [5.74, 6) is 2.01. The minimum absolute atomic E-state index is 0.912. The molecule has 2 heterocycles. The number of nitrogens with zero attached hydrogens (tertiary/aromatic N) is 5. The maximum Gasteiger partial charge on any atom is 0.151 e. The van der Waals surface area contributed by atoms with Crippen molar-refractivity contribution in [1.29, 1.82) is 0 Å². The average Bonchev–Trinajstić information content (AvgIpc) is 3.21. The van der Waals surface area contributed by atoms with Crippen LogP contribution in [-0.2, 0) is 19.9 Å². The van der Waals surface area contributed by atoms with Gasteiger partial charge in [-0.05, 0) is 25.7 Å². The fourth-order valence-corrected chi connectivity index (χ4v) is 2.97. The summed E-state index contributed by atoms with van der Waals surface area (Å²) in [5.41, 5.74) is 2.50. The number of allylic oxidation sites excluding steroid dienone is 2. The van der Waals surface area contributed by atoms with Crippen LogP contribution in [0.4, 0.5) is 0 Å². The van der Waals surface area contributed by atoms with E-state index in [1.54, 1.807) is 0 Å². The SMILES string of the molecule is CCCCCc1nc(CC2=CCCC2)n(-c2cnn(C)c2)n1. The summed E-state index contributed by atoms with van der Waals surface area (Å²) in [5, 5.41) is 9.00. The van der Waals surface area contributed by atoms with Crippen molar-refractivity contribution in [2.45, 2.75) is 58.3 Å². The predicted molar refractivity (Wildman–Crippen MR) is 87.0 cm³/mol. The molecule has 2 aromatic rings. The second-order valence-electron chi connectivity index (χ2n) is 6.12. The van der Waals surface area contributed by atoms with E-state index in [0.717, 1.165) is 36.6 Å². The molecule has 0 aliphatic heterocycles. The van der Waals surface area contributed by atoms with E-state index in [2.05, 4.69) is 18.1 Å². The van der Waals surface area contributed by atoms with Gasteiger partial charge in [-0.25, -0.2) is 9.67 Å². The molecule has 0 amide bonds. The first-order valence-electron chi connectivity index (χ1n) is 8.38. The van der Waals surface area contributed by atoms with Crippen LogP contribution in [0.1, 0.15) is 57.1 Å². The Morgan fingerprint density at radius 1 is 1.27 bits per heavy atom. The lowest BCUT2D eigenvalue weighted by Crippen LogP contribution is -2.03. The van der Waals surface area contributed by atoms with Gasteiger partial charge in [-0.1, -0.05) is 31.4 Å². The van der Waals surface area contributed by atoms with Gasteiger partial charge in [0.05, 0.1) is 12.4 Å². The zero-order valence-electron chi connectivity index (χ0n) is 13.6. The number of unbranched alkanes of at least 4 members (excludes halogenated alkanes) is 2. The van der Waals surface area contributed by atoms with E-state index in [1.165, 1.54) is 37.7 Å². The molecule has 22 heavy (non-hydrogen) atoms. The fourth-order valence-electron chi connectivity index (χ4n) is 2.97. The van der Waals surface area contributed by atoms with E-state index in [4.69, 9.17) is 10.1 Å². The van der Waals surface area contributed by atoms with E-state index < -0.39 is 0 Å². The second kappa shape index (κ2) is 6.90. The summed E-state index contributed by atoms with van der Waals surface area (Å²) in [4.78, 5) is 4.81. The third-order valence-electron chi connectivity index (χ3n) is 4.18. The van der Waals surface area contributed by atoms with Crippen LogP contribution >= 0.6 is 0 Å². The van der Waals surface area contributed by atoms with E-state index >= 15 is 0 Å². The van der Waals surface area contributed by atoms with Gasteiger partial charge < -0.3 is 0 Å². The van der Waals surface area contributed by atoms with E-state index in [9.17, 15) is 0 Å². The second-order valence-corrected chi connectivity index (χ2v) is 6.12. The number of hydrogen-bond acceptors (Lipinski definition) is 3. The third kappa shape index (κ3) is 3.46. The molecule has 0 fully saturated rings. The third-order valence-corrected chi connectivity index (χ3v) is 4.18. The number of aryl methyl sites for hydroxylation is 2. The quantitative estimate of drug-likeness (QED) is 0.581. The topological polar surface area (TPSA) is 48.5 Å². The van der Waals surface area contributed by atoms with Gasteiger partial charge in [0.25, 0.3) is 0 Å². The van der Waals surface area contributed by atoms with Crippen LogP contribution < -0.4 is 0 Å². The normalized spacial score (nSPS) is 14.5. The van der Waals surface area contributed by atoms with Crippen molar-refractivity contribution < 1.29 is 0 Å². The van der Waals surface area contributed by atoms with Gasteiger partial charge >= 0.3 is 0 Å². The molecule has 3 rings (SSSR count). The zero-order chi connectivity index (χ0) is 15.4. The lowest BCUT2D eigenvalue weighted by molar-refractivity contribution is 0.689. The minimum atomic E-state index is 0.912. The number of rotatable bonds is 7. The molecule has 0 saturated heterocycles. The highest BCUT2D eigenvalue weighted by molar-refractivity contribution is 5.27. The van der Waals surface area contributed by atoms with Crippen molar-refractivity contribution in [3.63, 3.8) is 0 Å². The Balaban J connectivity index is 1.84. The maximum absolute atomic E-state index is 4.81. The van der Waals surface area contributed by atoms with Gasteiger partial charge in [-0.2, -0.15) is 10.2 Å². The first-order valence-corrected chi connectivity index (χ1v) is 8.38. The van der Waals surface area contributed by atoms with Gasteiger partial charge in [0.15, 0.2) is 5.82 Å². The van der Waals surface area contributed by atoms with Crippen LogP contribution in [0.15, 0.2) is 24.0 Å². The van der Waals surface area contributed by atoms with Crippen molar-refractivity contribution in [3.05, 3.63) is 35.7 Å². The molecule has 0 saturated carbocycles. The van der Waals surface area contributed by atoms with Gasteiger partial charge in [-0.15, -0.1) is 0 Å². The average molecular weight is 299 g/mol. The van der Waals surface area contributed by atoms with Crippen LogP contribution in [0, 0.1) is 0 Å². The molecule has 0 unspecified atom stereocenters. The zero-order valence-corrected chi connectivity index (χ0v) is 13.6. The van der Waals surface area contributed by atoms with Crippen molar-refractivity contribution in [3.8, 4) is 5.69 Å². The fraction of sp³-hybridized carbons (Fsp3) is 0.588. The molecule has 0 spiro atoms. The van der Waals surface area contributed by atoms with Crippen LogP contribution in [0.2, 0.25) is 0 Å². The highest BCUT2D eigenvalue weighted by atomic mass is 15.4. The lowest BCUT2D eigenvalue weighted by Gasteiger charge is -2.03. The molecule has 1 aliphatic rings. The van der Waals surface area contributed by atoms with Gasteiger partial charge in [0.2, 0.25) is 0 Å². The van der Waals surface area contributed by atoms with Gasteiger partial charge in [0.1, 0.15) is 11.5 Å². The van der Waals surface area contributed by atoms with E-state index in [0.29, 0.717) is 0 Å². The molecule has 1 aliphatic carbocycles. The molecule has 0 atom stereocenters. The molecule has 2 aromatic heterocycles. The Hall–Kier alpha value is -1.91. The molecule has 118 valence electrons. The molecule has 0 bridgehead atoms. The Labute approximate surface area is 132 Å². The standard InChI is InChI=1S/C17H25N5/c1-3-4-5-10-16-19-17(11-14-8-6-7-9-14)22(20-16)15-12-18-21(2)13-15/h8,12-13H,3-7,9-11H2,1-2H3. The van der Waals surface area contributed by atoms with Crippen LogP contribution in [0.25, 0.3) is 5.69 Å². The molecule has 5 heteroatoms. The molecule has 0 aromatic carbocycles. The summed E-state index contributed by atoms with van der Waals surface area (Å²) < 4.78 is 3.79. The lowest BCUT2D eigenvalue weighted by atomic mass is 10.1. The van der Waals surface area contributed by atoms with Crippen molar-refractivity contribution >= 4 is 0 Å². The first-order chi connectivity index (χ1) is 10.8. The number of aromatic nitrogens is 5. The molecular weight excluding hydrogens is 274 g/mol. The van der Waals surface area contributed by atoms with Crippen molar-refractivity contribution in [2.24, 2.45) is 7.05 Å². The summed E-state index contributed by atoms with van der Waals surface area (Å²) >= 11 is 0. The smallest absolute Gasteiger partial charge is 0.151 e. The Bertz CT molecular complexity index is 650. The highest BCUT2D eigenvalue weighted by Gasteiger charge is 2.15. The Morgan fingerprint density at radius 2 is 2.18 bits per heavy atom. The minimum Gasteiger partial charge on any atom is -0.274 e. The van der Waals surface area contributed by atoms with Gasteiger partial charge in [-0.3, -0.25) is 4.68 Å². The largest absolute Gasteiger partial charge is 0.274 e. The van der Waals surface area contributed by atoms with Crippen LogP contribution in [-0.4, -0.2) is 24.5 Å². The van der Waals surface area contributed by atoms with E-state index in [-0.39, 0.29) is 0 Å². The Kier molecular flexibility index (Phi) is 4.71. The van der Waals surface area contributed by atoms with E-state index in [1.807, 2.05) is 28.8 Å². The monoisotopic (exact) mass is 299 g/mol. The summed E-state index contributed by atoms with van der Waals surface area (Å²) in [6, 6.07) is 0. The molecule has 5 nitrogen and oxygen atoms in total. The van der Waals surface area contributed by atoms with Crippen molar-refractivity contribution in [2.75, 3.05) is 0 Å². The van der Waals surface area contributed by atoms with Crippen LogP contribution in [0.5, 0.6) is 0 Å². The number of hydrogen-bond donors (Lipinski definition) is 0. The summed E-state index contributed by atoms with van der Waals surface area (Å²) in [6.45, 7) is 2.22. The summed E-state index contributed by atoms with van der Waals surface area (Å²) in [6.07, 6.45) is 15.4. The molecular formula is C17H25N5. The predicted octanol–water partition coefficient (Wildman–Crippen LogP) is 3.39. The summed E-state index contributed by atoms with van der Waals surface area (Å²) in [7, 11) is 1.93. The molecule has 0 radical (unpaired) electrons. The van der Waals surface area contributed by atoms with Crippen LogP contribution in [0.3, 0.4) is 0 Å². The molecule has 0 N–H and O–H groups in total. The first kappa shape index (κ1) is 15.0.